The van der Waals surface area contributed by atoms with Crippen LogP contribution >= 0.6 is 0 Å². The molecule has 0 N–H and O–H groups in total. The molecule has 0 aromatic rings. The predicted octanol–water partition coefficient (Wildman–Crippen LogP) is 1.46. The summed E-state index contributed by atoms with van der Waals surface area (Å²) in [5.74, 6) is 0.128. The SMILES string of the molecule is CCCCN(CC1CC1C(=O)OCC)C(=O)COC. The van der Waals surface area contributed by atoms with Crippen LogP contribution in [0.15, 0.2) is 0 Å². The molecule has 2 unspecified atom stereocenters. The number of carbonyl (C=O) groups excluding carboxylic acids is 2. The van der Waals surface area contributed by atoms with E-state index in [2.05, 4.69) is 6.92 Å². The Kier molecular flexibility index (Phi) is 6.84. The van der Waals surface area contributed by atoms with Crippen LogP contribution in [-0.4, -0.2) is 50.2 Å². The van der Waals surface area contributed by atoms with Crippen molar-refractivity contribution in [2.75, 3.05) is 33.4 Å². The molecule has 1 saturated carbocycles. The molecule has 1 amide bonds. The number of carbonyl (C=O) groups is 2. The molecule has 5 nitrogen and oxygen atoms in total. The predicted molar refractivity (Wildman–Crippen MR) is 71.6 cm³/mol. The summed E-state index contributed by atoms with van der Waals surface area (Å²) in [6, 6.07) is 0. The monoisotopic (exact) mass is 271 g/mol. The van der Waals surface area contributed by atoms with Crippen LogP contribution in [0.2, 0.25) is 0 Å². The van der Waals surface area contributed by atoms with Gasteiger partial charge in [0.05, 0.1) is 12.5 Å². The zero-order valence-electron chi connectivity index (χ0n) is 12.2. The van der Waals surface area contributed by atoms with Crippen LogP contribution < -0.4 is 0 Å². The van der Waals surface area contributed by atoms with E-state index in [1.165, 1.54) is 7.11 Å². The van der Waals surface area contributed by atoms with Crippen LogP contribution in [0, 0.1) is 11.8 Å². The summed E-state index contributed by atoms with van der Waals surface area (Å²) in [5.41, 5.74) is 0. The first-order valence-corrected chi connectivity index (χ1v) is 7.07. The van der Waals surface area contributed by atoms with Crippen LogP contribution in [0.4, 0.5) is 0 Å². The molecule has 1 fully saturated rings. The smallest absolute Gasteiger partial charge is 0.309 e. The third-order valence-corrected chi connectivity index (χ3v) is 3.37. The summed E-state index contributed by atoms with van der Waals surface area (Å²) in [6.45, 7) is 5.82. The van der Waals surface area contributed by atoms with E-state index in [4.69, 9.17) is 9.47 Å². The third-order valence-electron chi connectivity index (χ3n) is 3.37. The second kappa shape index (κ2) is 8.15. The summed E-state index contributed by atoms with van der Waals surface area (Å²) >= 11 is 0. The Morgan fingerprint density at radius 3 is 2.63 bits per heavy atom. The standard InChI is InChI=1S/C14H25NO4/c1-4-6-7-15(13(16)10-18-3)9-11-8-12(11)14(17)19-5-2/h11-12H,4-10H2,1-3H3. The highest BCUT2D eigenvalue weighted by Gasteiger charge is 2.45. The fourth-order valence-electron chi connectivity index (χ4n) is 2.15. The van der Waals surface area contributed by atoms with Crippen molar-refractivity contribution in [3.63, 3.8) is 0 Å². The van der Waals surface area contributed by atoms with E-state index in [0.717, 1.165) is 25.8 Å². The third kappa shape index (κ3) is 5.19. The minimum atomic E-state index is -0.123. The number of hydrogen-bond acceptors (Lipinski definition) is 4. The average Bonchev–Trinajstić information content (AvgIpc) is 3.14. The summed E-state index contributed by atoms with van der Waals surface area (Å²) in [6.07, 6.45) is 2.86. The molecule has 0 radical (unpaired) electrons. The maximum Gasteiger partial charge on any atom is 0.309 e. The van der Waals surface area contributed by atoms with E-state index in [9.17, 15) is 9.59 Å². The van der Waals surface area contributed by atoms with Crippen molar-refractivity contribution in [1.29, 1.82) is 0 Å². The van der Waals surface area contributed by atoms with Gasteiger partial charge in [-0.05, 0) is 25.7 Å². The Bertz CT molecular complexity index is 306. The van der Waals surface area contributed by atoms with Gasteiger partial charge >= 0.3 is 5.97 Å². The molecule has 0 aromatic heterocycles. The van der Waals surface area contributed by atoms with E-state index in [1.807, 2.05) is 11.8 Å². The van der Waals surface area contributed by atoms with Crippen LogP contribution in [-0.2, 0) is 19.1 Å². The first-order valence-electron chi connectivity index (χ1n) is 7.07. The van der Waals surface area contributed by atoms with E-state index in [0.29, 0.717) is 13.2 Å². The summed E-state index contributed by atoms with van der Waals surface area (Å²) in [4.78, 5) is 25.3. The van der Waals surface area contributed by atoms with E-state index in [-0.39, 0.29) is 30.3 Å². The molecule has 0 heterocycles. The lowest BCUT2D eigenvalue weighted by molar-refractivity contribution is -0.145. The van der Waals surface area contributed by atoms with Gasteiger partial charge in [0.25, 0.3) is 0 Å². The molecule has 0 aromatic carbocycles. The zero-order valence-corrected chi connectivity index (χ0v) is 12.2. The molecule has 0 aliphatic heterocycles. The van der Waals surface area contributed by atoms with Gasteiger partial charge in [-0.1, -0.05) is 13.3 Å². The highest BCUT2D eigenvalue weighted by Crippen LogP contribution is 2.40. The van der Waals surface area contributed by atoms with Gasteiger partial charge in [0.1, 0.15) is 6.61 Å². The first kappa shape index (κ1) is 16.0. The normalized spacial score (nSPS) is 21.0. The Balaban J connectivity index is 2.41. The number of amides is 1. The quantitative estimate of drug-likeness (QED) is 0.596. The maximum atomic E-state index is 11.9. The lowest BCUT2D eigenvalue weighted by Gasteiger charge is -2.22. The van der Waals surface area contributed by atoms with E-state index in [1.54, 1.807) is 0 Å². The summed E-state index contributed by atoms with van der Waals surface area (Å²) in [7, 11) is 1.52. The van der Waals surface area contributed by atoms with Crippen LogP contribution in [0.3, 0.4) is 0 Å². The van der Waals surface area contributed by atoms with E-state index >= 15 is 0 Å². The molecule has 0 bridgehead atoms. The number of rotatable bonds is 9. The first-order chi connectivity index (χ1) is 9.13. The van der Waals surface area contributed by atoms with Crippen LogP contribution in [0.25, 0.3) is 0 Å². The molecule has 1 rings (SSSR count). The minimum absolute atomic E-state index is 0.00505. The van der Waals surface area contributed by atoms with Crippen molar-refractivity contribution in [2.45, 2.75) is 33.1 Å². The van der Waals surface area contributed by atoms with Gasteiger partial charge < -0.3 is 14.4 Å². The Morgan fingerprint density at radius 2 is 2.05 bits per heavy atom. The van der Waals surface area contributed by atoms with Crippen molar-refractivity contribution < 1.29 is 19.1 Å². The van der Waals surface area contributed by atoms with Gasteiger partial charge in [-0.15, -0.1) is 0 Å². The Morgan fingerprint density at radius 1 is 1.32 bits per heavy atom. The molecule has 0 spiro atoms. The fourth-order valence-corrected chi connectivity index (χ4v) is 2.15. The summed E-state index contributed by atoms with van der Waals surface area (Å²) < 4.78 is 9.90. The van der Waals surface area contributed by atoms with Gasteiger partial charge in [0.15, 0.2) is 0 Å². The average molecular weight is 271 g/mol. The molecular formula is C14H25NO4. The fraction of sp³-hybridized carbons (Fsp3) is 0.857. The molecule has 5 heteroatoms. The van der Waals surface area contributed by atoms with Gasteiger partial charge in [-0.2, -0.15) is 0 Å². The largest absolute Gasteiger partial charge is 0.466 e. The van der Waals surface area contributed by atoms with Crippen molar-refractivity contribution in [1.82, 2.24) is 4.90 Å². The molecule has 0 saturated heterocycles. The van der Waals surface area contributed by atoms with Crippen LogP contribution in [0.1, 0.15) is 33.1 Å². The molecule has 1 aliphatic carbocycles. The second-order valence-electron chi connectivity index (χ2n) is 4.98. The number of hydrogen-bond donors (Lipinski definition) is 0. The van der Waals surface area contributed by atoms with Crippen molar-refractivity contribution in [2.24, 2.45) is 11.8 Å². The maximum absolute atomic E-state index is 11.9. The molecule has 2 atom stereocenters. The molecule has 110 valence electrons. The van der Waals surface area contributed by atoms with Gasteiger partial charge in [-0.25, -0.2) is 0 Å². The van der Waals surface area contributed by atoms with Gasteiger partial charge in [-0.3, -0.25) is 9.59 Å². The highest BCUT2D eigenvalue weighted by atomic mass is 16.5. The molecule has 1 aliphatic rings. The van der Waals surface area contributed by atoms with Gasteiger partial charge in [0, 0.05) is 20.2 Å². The number of unbranched alkanes of at least 4 members (excludes halogenated alkanes) is 1. The number of methoxy groups -OCH3 is 1. The Labute approximate surface area is 115 Å². The summed E-state index contributed by atoms with van der Waals surface area (Å²) in [5, 5.41) is 0. The topological polar surface area (TPSA) is 55.8 Å². The molecular weight excluding hydrogens is 246 g/mol. The lowest BCUT2D eigenvalue weighted by Crippen LogP contribution is -2.36. The van der Waals surface area contributed by atoms with Crippen molar-refractivity contribution in [3.05, 3.63) is 0 Å². The zero-order chi connectivity index (χ0) is 14.3. The number of ether oxygens (including phenoxy) is 2. The van der Waals surface area contributed by atoms with E-state index < -0.39 is 0 Å². The van der Waals surface area contributed by atoms with Crippen molar-refractivity contribution in [3.8, 4) is 0 Å². The highest BCUT2D eigenvalue weighted by molar-refractivity contribution is 5.78. The van der Waals surface area contributed by atoms with Crippen molar-refractivity contribution >= 4 is 11.9 Å². The Hall–Kier alpha value is -1.10. The van der Waals surface area contributed by atoms with Gasteiger partial charge in [0.2, 0.25) is 5.91 Å². The lowest BCUT2D eigenvalue weighted by atomic mass is 10.2. The second-order valence-corrected chi connectivity index (χ2v) is 4.98. The van der Waals surface area contributed by atoms with Crippen LogP contribution in [0.5, 0.6) is 0 Å². The molecule has 19 heavy (non-hydrogen) atoms. The number of esters is 1. The number of nitrogens with zero attached hydrogens (tertiary/aromatic N) is 1. The minimum Gasteiger partial charge on any atom is -0.466 e.